The molecular weight excluding hydrogens is 350 g/mol. The summed E-state index contributed by atoms with van der Waals surface area (Å²) < 4.78 is 0.654. The summed E-state index contributed by atoms with van der Waals surface area (Å²) in [7, 11) is 0. The fourth-order valence-electron chi connectivity index (χ4n) is 2.80. The molecule has 0 aromatic carbocycles. The zero-order valence-corrected chi connectivity index (χ0v) is 15.7. The molecule has 3 heterocycles. The number of thiophene rings is 1. The molecular formula is C18H21N5O2S. The number of nitrogens with two attached hydrogens (primary N) is 1. The SMILES string of the molecule is Cc1sc2c(C(N)=O)nc(N[C@@H](C)c3ccccn3)nc2c1C[C@@H](C)O. The number of nitrogens with one attached hydrogen (secondary N) is 1. The molecule has 3 aromatic heterocycles. The lowest BCUT2D eigenvalue weighted by Gasteiger charge is -2.14. The van der Waals surface area contributed by atoms with Gasteiger partial charge in [-0.05, 0) is 38.5 Å². The molecule has 0 unspecified atom stereocenters. The van der Waals surface area contributed by atoms with Crippen molar-refractivity contribution in [2.75, 3.05) is 5.32 Å². The largest absolute Gasteiger partial charge is 0.393 e. The highest BCUT2D eigenvalue weighted by atomic mass is 32.1. The Morgan fingerprint density at radius 2 is 2.12 bits per heavy atom. The lowest BCUT2D eigenvalue weighted by atomic mass is 10.1. The lowest BCUT2D eigenvalue weighted by molar-refractivity contribution is 0.0997. The van der Waals surface area contributed by atoms with Crippen LogP contribution in [0.3, 0.4) is 0 Å². The van der Waals surface area contributed by atoms with Crippen LogP contribution in [0.1, 0.15) is 46.5 Å². The second-order valence-corrected chi connectivity index (χ2v) is 7.47. The maximum absolute atomic E-state index is 11.9. The molecule has 0 spiro atoms. The van der Waals surface area contributed by atoms with Crippen LogP contribution in [0.2, 0.25) is 0 Å². The highest BCUT2D eigenvalue weighted by Gasteiger charge is 2.21. The fourth-order valence-corrected chi connectivity index (χ4v) is 3.92. The number of hydrogen-bond acceptors (Lipinski definition) is 7. The van der Waals surface area contributed by atoms with Gasteiger partial charge in [-0.2, -0.15) is 0 Å². The number of carbonyl (C=O) groups excluding carboxylic acids is 1. The van der Waals surface area contributed by atoms with Crippen LogP contribution in [0.5, 0.6) is 0 Å². The van der Waals surface area contributed by atoms with Gasteiger partial charge in [-0.15, -0.1) is 11.3 Å². The number of amides is 1. The topological polar surface area (TPSA) is 114 Å². The molecule has 0 radical (unpaired) electrons. The van der Waals surface area contributed by atoms with E-state index in [4.69, 9.17) is 5.73 Å². The molecule has 4 N–H and O–H groups in total. The standard InChI is InChI=1S/C18H21N5O2S/c1-9(24)8-12-11(3)26-16-14(12)22-18(23-15(16)17(19)25)21-10(2)13-6-4-5-7-20-13/h4-7,9-10,24H,8H2,1-3H3,(H2,19,25)(H,21,22,23)/t9-,10+/m1/s1. The number of nitrogens with zero attached hydrogens (tertiary/aromatic N) is 3. The summed E-state index contributed by atoms with van der Waals surface area (Å²) in [5.74, 6) is -0.287. The van der Waals surface area contributed by atoms with Crippen LogP contribution in [0, 0.1) is 6.92 Å². The molecule has 0 aliphatic carbocycles. The number of anilines is 1. The predicted molar refractivity (Wildman–Crippen MR) is 102 cm³/mol. The van der Waals surface area contributed by atoms with E-state index in [1.54, 1.807) is 13.1 Å². The van der Waals surface area contributed by atoms with Crippen molar-refractivity contribution in [3.8, 4) is 0 Å². The molecule has 8 heteroatoms. The van der Waals surface area contributed by atoms with Crippen LogP contribution in [-0.2, 0) is 6.42 Å². The number of carbonyl (C=O) groups is 1. The van der Waals surface area contributed by atoms with E-state index < -0.39 is 12.0 Å². The van der Waals surface area contributed by atoms with Crippen molar-refractivity contribution in [3.63, 3.8) is 0 Å². The van der Waals surface area contributed by atoms with Crippen LogP contribution >= 0.6 is 11.3 Å². The van der Waals surface area contributed by atoms with Gasteiger partial charge in [0.1, 0.15) is 0 Å². The van der Waals surface area contributed by atoms with Gasteiger partial charge in [0.2, 0.25) is 5.95 Å². The van der Waals surface area contributed by atoms with E-state index in [1.807, 2.05) is 32.0 Å². The summed E-state index contributed by atoms with van der Waals surface area (Å²) in [5.41, 5.74) is 8.14. The van der Waals surface area contributed by atoms with Gasteiger partial charge < -0.3 is 16.2 Å². The van der Waals surface area contributed by atoms with Gasteiger partial charge >= 0.3 is 0 Å². The molecule has 7 nitrogen and oxygen atoms in total. The molecule has 0 aliphatic rings. The number of aromatic nitrogens is 3. The normalized spacial score (nSPS) is 13.5. The van der Waals surface area contributed by atoms with Crippen molar-refractivity contribution >= 4 is 33.4 Å². The van der Waals surface area contributed by atoms with Crippen molar-refractivity contribution in [2.24, 2.45) is 5.73 Å². The number of primary amides is 1. The Kier molecular flexibility index (Phi) is 5.15. The first-order chi connectivity index (χ1) is 12.4. The van der Waals surface area contributed by atoms with E-state index in [9.17, 15) is 9.90 Å². The molecule has 0 aliphatic heterocycles. The summed E-state index contributed by atoms with van der Waals surface area (Å²) in [4.78, 5) is 26.1. The zero-order chi connectivity index (χ0) is 18.8. The number of hydrogen-bond donors (Lipinski definition) is 3. The lowest BCUT2D eigenvalue weighted by Crippen LogP contribution is -2.17. The third kappa shape index (κ3) is 3.66. The van der Waals surface area contributed by atoms with Crippen molar-refractivity contribution in [1.29, 1.82) is 0 Å². The van der Waals surface area contributed by atoms with Gasteiger partial charge in [0.15, 0.2) is 5.69 Å². The molecule has 26 heavy (non-hydrogen) atoms. The highest BCUT2D eigenvalue weighted by Crippen LogP contribution is 2.33. The van der Waals surface area contributed by atoms with E-state index in [0.29, 0.717) is 22.6 Å². The Hall–Kier alpha value is -2.58. The first kappa shape index (κ1) is 18.2. The minimum Gasteiger partial charge on any atom is -0.393 e. The first-order valence-electron chi connectivity index (χ1n) is 8.32. The number of pyridine rings is 1. The van der Waals surface area contributed by atoms with Gasteiger partial charge in [-0.25, -0.2) is 9.97 Å². The third-order valence-electron chi connectivity index (χ3n) is 4.04. The van der Waals surface area contributed by atoms with Crippen molar-refractivity contribution in [1.82, 2.24) is 15.0 Å². The van der Waals surface area contributed by atoms with Gasteiger partial charge in [0, 0.05) is 17.5 Å². The minimum absolute atomic E-state index is 0.144. The number of rotatable bonds is 6. The molecule has 3 rings (SSSR count). The van der Waals surface area contributed by atoms with E-state index in [-0.39, 0.29) is 11.7 Å². The average Bonchev–Trinajstić information content (AvgIpc) is 2.90. The molecule has 2 atom stereocenters. The summed E-state index contributed by atoms with van der Waals surface area (Å²) >= 11 is 1.42. The first-order valence-corrected chi connectivity index (χ1v) is 9.13. The maximum Gasteiger partial charge on any atom is 0.269 e. The Labute approximate surface area is 155 Å². The van der Waals surface area contributed by atoms with Crippen molar-refractivity contribution in [3.05, 3.63) is 46.2 Å². The number of aliphatic hydroxyl groups excluding tert-OH is 1. The zero-order valence-electron chi connectivity index (χ0n) is 14.9. The van der Waals surface area contributed by atoms with Crippen LogP contribution in [-0.4, -0.2) is 32.1 Å². The van der Waals surface area contributed by atoms with Gasteiger partial charge in [-0.1, -0.05) is 6.07 Å². The third-order valence-corrected chi connectivity index (χ3v) is 5.18. The van der Waals surface area contributed by atoms with E-state index in [1.165, 1.54) is 11.3 Å². The number of aryl methyl sites for hydroxylation is 1. The summed E-state index contributed by atoms with van der Waals surface area (Å²) in [5, 5.41) is 13.0. The second-order valence-electron chi connectivity index (χ2n) is 6.25. The van der Waals surface area contributed by atoms with E-state index in [0.717, 1.165) is 16.1 Å². The fraction of sp³-hybridized carbons (Fsp3) is 0.333. The second kappa shape index (κ2) is 7.35. The van der Waals surface area contributed by atoms with Crippen molar-refractivity contribution < 1.29 is 9.90 Å². The molecule has 3 aromatic rings. The Morgan fingerprint density at radius 1 is 1.35 bits per heavy atom. The van der Waals surface area contributed by atoms with Gasteiger partial charge in [0.05, 0.1) is 28.1 Å². The molecule has 136 valence electrons. The molecule has 0 saturated heterocycles. The molecule has 0 fully saturated rings. The van der Waals surface area contributed by atoms with E-state index in [2.05, 4.69) is 20.3 Å². The van der Waals surface area contributed by atoms with Crippen LogP contribution in [0.15, 0.2) is 24.4 Å². The molecule has 0 bridgehead atoms. The quantitative estimate of drug-likeness (QED) is 0.614. The Balaban J connectivity index is 2.07. The molecule has 1 amide bonds. The van der Waals surface area contributed by atoms with Crippen LogP contribution in [0.4, 0.5) is 5.95 Å². The van der Waals surface area contributed by atoms with Gasteiger partial charge in [0.25, 0.3) is 5.91 Å². The van der Waals surface area contributed by atoms with E-state index >= 15 is 0 Å². The average molecular weight is 371 g/mol. The Morgan fingerprint density at radius 3 is 2.73 bits per heavy atom. The van der Waals surface area contributed by atoms with Crippen LogP contribution < -0.4 is 11.1 Å². The summed E-state index contributed by atoms with van der Waals surface area (Å²) in [6.45, 7) is 5.61. The predicted octanol–water partition coefficient (Wildman–Crippen LogP) is 2.59. The maximum atomic E-state index is 11.9. The van der Waals surface area contributed by atoms with Gasteiger partial charge in [-0.3, -0.25) is 9.78 Å². The summed E-state index contributed by atoms with van der Waals surface area (Å²) in [6, 6.07) is 5.51. The Bertz CT molecular complexity index is 940. The minimum atomic E-state index is -0.601. The summed E-state index contributed by atoms with van der Waals surface area (Å²) in [6.07, 6.45) is 1.66. The van der Waals surface area contributed by atoms with Crippen molar-refractivity contribution in [2.45, 2.75) is 39.3 Å². The number of aliphatic hydroxyl groups is 1. The number of fused-ring (bicyclic) bond motifs is 1. The monoisotopic (exact) mass is 371 g/mol. The highest BCUT2D eigenvalue weighted by molar-refractivity contribution is 7.19. The molecule has 0 saturated carbocycles. The smallest absolute Gasteiger partial charge is 0.269 e. The van der Waals surface area contributed by atoms with Crippen LogP contribution in [0.25, 0.3) is 10.2 Å².